The number of nitrogens with zero attached hydrogens (tertiary/aromatic N) is 2. The van der Waals surface area contributed by atoms with Crippen molar-refractivity contribution in [3.8, 4) is 5.75 Å². The van der Waals surface area contributed by atoms with E-state index in [9.17, 15) is 0 Å². The first-order valence-electron chi connectivity index (χ1n) is 5.76. The fourth-order valence-electron chi connectivity index (χ4n) is 1.66. The van der Waals surface area contributed by atoms with Crippen molar-refractivity contribution in [3.63, 3.8) is 0 Å². The number of imidazole rings is 1. The molecule has 17 heavy (non-hydrogen) atoms. The Morgan fingerprint density at radius 3 is 2.94 bits per heavy atom. The SMILES string of the molecule is NCc1ccccc1OCCCn1ccnc1. The van der Waals surface area contributed by atoms with Crippen LogP contribution in [0.25, 0.3) is 0 Å². The van der Waals surface area contributed by atoms with Crippen molar-refractivity contribution < 1.29 is 4.74 Å². The van der Waals surface area contributed by atoms with Crippen LogP contribution in [0.1, 0.15) is 12.0 Å². The lowest BCUT2D eigenvalue weighted by Gasteiger charge is -2.10. The van der Waals surface area contributed by atoms with Gasteiger partial charge in [0.25, 0.3) is 0 Å². The summed E-state index contributed by atoms with van der Waals surface area (Å²) in [5.74, 6) is 0.889. The molecule has 0 fully saturated rings. The minimum absolute atomic E-state index is 0.512. The maximum atomic E-state index is 5.71. The zero-order valence-electron chi connectivity index (χ0n) is 9.75. The summed E-state index contributed by atoms with van der Waals surface area (Å²) in [5.41, 5.74) is 6.69. The molecule has 0 bridgehead atoms. The Labute approximate surface area is 101 Å². The summed E-state index contributed by atoms with van der Waals surface area (Å²) >= 11 is 0. The largest absolute Gasteiger partial charge is 0.493 e. The first kappa shape index (κ1) is 11.7. The number of benzene rings is 1. The lowest BCUT2D eigenvalue weighted by Crippen LogP contribution is -2.06. The molecular weight excluding hydrogens is 214 g/mol. The van der Waals surface area contributed by atoms with E-state index in [0.29, 0.717) is 13.2 Å². The highest BCUT2D eigenvalue weighted by molar-refractivity contribution is 5.32. The molecule has 0 unspecified atom stereocenters. The second-order valence-corrected chi connectivity index (χ2v) is 3.81. The first-order chi connectivity index (χ1) is 8.40. The van der Waals surface area contributed by atoms with Crippen molar-refractivity contribution >= 4 is 0 Å². The van der Waals surface area contributed by atoms with Gasteiger partial charge in [-0.25, -0.2) is 4.98 Å². The number of aromatic nitrogens is 2. The predicted molar refractivity (Wildman–Crippen MR) is 66.7 cm³/mol. The second-order valence-electron chi connectivity index (χ2n) is 3.81. The van der Waals surface area contributed by atoms with Gasteiger partial charge in [0.15, 0.2) is 0 Å². The van der Waals surface area contributed by atoms with Crippen LogP contribution in [0.4, 0.5) is 0 Å². The number of rotatable bonds is 6. The molecule has 4 nitrogen and oxygen atoms in total. The predicted octanol–water partition coefficient (Wildman–Crippen LogP) is 1.81. The maximum absolute atomic E-state index is 5.71. The Kier molecular flexibility index (Phi) is 4.16. The zero-order valence-corrected chi connectivity index (χ0v) is 9.75. The fraction of sp³-hybridized carbons (Fsp3) is 0.308. The molecule has 0 atom stereocenters. The van der Waals surface area contributed by atoms with E-state index in [-0.39, 0.29) is 0 Å². The van der Waals surface area contributed by atoms with Crippen LogP contribution in [0.15, 0.2) is 43.0 Å². The Balaban J connectivity index is 1.78. The van der Waals surface area contributed by atoms with Gasteiger partial charge in [0.2, 0.25) is 0 Å². The Morgan fingerprint density at radius 1 is 1.29 bits per heavy atom. The number of nitrogens with two attached hydrogens (primary N) is 1. The molecule has 0 saturated heterocycles. The van der Waals surface area contributed by atoms with Crippen molar-refractivity contribution in [2.45, 2.75) is 19.5 Å². The van der Waals surface area contributed by atoms with E-state index in [2.05, 4.69) is 4.98 Å². The summed E-state index contributed by atoms with van der Waals surface area (Å²) in [7, 11) is 0. The van der Waals surface area contributed by atoms with Crippen LogP contribution in [-0.2, 0) is 13.1 Å². The lowest BCUT2D eigenvalue weighted by atomic mass is 10.2. The average molecular weight is 231 g/mol. The van der Waals surface area contributed by atoms with Gasteiger partial charge in [-0.15, -0.1) is 0 Å². The summed E-state index contributed by atoms with van der Waals surface area (Å²) in [6, 6.07) is 7.88. The van der Waals surface area contributed by atoms with E-state index < -0.39 is 0 Å². The highest BCUT2D eigenvalue weighted by atomic mass is 16.5. The molecule has 0 radical (unpaired) electrons. The quantitative estimate of drug-likeness (QED) is 0.771. The molecule has 1 aromatic heterocycles. The van der Waals surface area contributed by atoms with E-state index in [1.807, 2.05) is 41.4 Å². The smallest absolute Gasteiger partial charge is 0.123 e. The van der Waals surface area contributed by atoms with Gasteiger partial charge < -0.3 is 15.0 Å². The third-order valence-corrected chi connectivity index (χ3v) is 2.57. The van der Waals surface area contributed by atoms with Crippen LogP contribution in [0.5, 0.6) is 5.75 Å². The molecule has 0 aliphatic heterocycles. The van der Waals surface area contributed by atoms with Crippen molar-refractivity contribution in [1.29, 1.82) is 0 Å². The lowest BCUT2D eigenvalue weighted by molar-refractivity contribution is 0.299. The molecule has 0 spiro atoms. The Morgan fingerprint density at radius 2 is 2.18 bits per heavy atom. The van der Waals surface area contributed by atoms with E-state index in [1.54, 1.807) is 6.20 Å². The van der Waals surface area contributed by atoms with Gasteiger partial charge in [-0.3, -0.25) is 0 Å². The first-order valence-corrected chi connectivity index (χ1v) is 5.76. The molecule has 90 valence electrons. The molecular formula is C13H17N3O. The van der Waals surface area contributed by atoms with Crippen molar-refractivity contribution in [2.24, 2.45) is 5.73 Å². The van der Waals surface area contributed by atoms with Crippen LogP contribution in [0.3, 0.4) is 0 Å². The van der Waals surface area contributed by atoms with Crippen molar-refractivity contribution in [2.75, 3.05) is 6.61 Å². The highest BCUT2D eigenvalue weighted by Crippen LogP contribution is 2.17. The van der Waals surface area contributed by atoms with Crippen LogP contribution < -0.4 is 10.5 Å². The number of ether oxygens (including phenoxy) is 1. The van der Waals surface area contributed by atoms with Crippen molar-refractivity contribution in [1.82, 2.24) is 9.55 Å². The monoisotopic (exact) mass is 231 g/mol. The third kappa shape index (κ3) is 3.32. The number of hydrogen-bond donors (Lipinski definition) is 1. The van der Waals surface area contributed by atoms with Crippen LogP contribution in [0, 0.1) is 0 Å². The average Bonchev–Trinajstić information content (AvgIpc) is 2.88. The van der Waals surface area contributed by atoms with Gasteiger partial charge in [-0.1, -0.05) is 18.2 Å². The van der Waals surface area contributed by atoms with Gasteiger partial charge in [-0.2, -0.15) is 0 Å². The van der Waals surface area contributed by atoms with E-state index in [0.717, 1.165) is 24.3 Å². The van der Waals surface area contributed by atoms with Crippen LogP contribution >= 0.6 is 0 Å². The summed E-state index contributed by atoms with van der Waals surface area (Å²) < 4.78 is 7.75. The number of aryl methyl sites for hydroxylation is 1. The molecule has 1 aromatic carbocycles. The molecule has 0 amide bonds. The van der Waals surface area contributed by atoms with Crippen LogP contribution in [0.2, 0.25) is 0 Å². The molecule has 0 saturated carbocycles. The summed E-state index contributed by atoms with van der Waals surface area (Å²) in [6.07, 6.45) is 6.50. The highest BCUT2D eigenvalue weighted by Gasteiger charge is 2.00. The molecule has 1 heterocycles. The minimum atomic E-state index is 0.512. The van der Waals surface area contributed by atoms with E-state index in [1.165, 1.54) is 0 Å². The molecule has 0 aliphatic carbocycles. The topological polar surface area (TPSA) is 53.1 Å². The second kappa shape index (κ2) is 6.06. The van der Waals surface area contributed by atoms with Gasteiger partial charge in [0.05, 0.1) is 12.9 Å². The third-order valence-electron chi connectivity index (χ3n) is 2.57. The van der Waals surface area contributed by atoms with E-state index >= 15 is 0 Å². The molecule has 2 N–H and O–H groups in total. The zero-order chi connectivity index (χ0) is 11.9. The Hall–Kier alpha value is -1.81. The van der Waals surface area contributed by atoms with E-state index in [4.69, 9.17) is 10.5 Å². The van der Waals surface area contributed by atoms with Crippen molar-refractivity contribution in [3.05, 3.63) is 48.5 Å². The molecule has 2 rings (SSSR count). The normalized spacial score (nSPS) is 10.4. The van der Waals surface area contributed by atoms with Gasteiger partial charge in [0.1, 0.15) is 5.75 Å². The maximum Gasteiger partial charge on any atom is 0.123 e. The molecule has 0 aliphatic rings. The summed E-state index contributed by atoms with van der Waals surface area (Å²) in [6.45, 7) is 2.12. The van der Waals surface area contributed by atoms with Crippen LogP contribution in [-0.4, -0.2) is 16.2 Å². The number of hydrogen-bond acceptors (Lipinski definition) is 3. The minimum Gasteiger partial charge on any atom is -0.493 e. The van der Waals surface area contributed by atoms with Gasteiger partial charge >= 0.3 is 0 Å². The summed E-state index contributed by atoms with van der Waals surface area (Å²) in [4.78, 5) is 3.99. The standard InChI is InChI=1S/C13H17N3O/c14-10-12-4-1-2-5-13(12)17-9-3-7-16-8-6-15-11-16/h1-2,4-6,8,11H,3,7,9-10,14H2. The molecule has 4 heteroatoms. The van der Waals surface area contributed by atoms with Gasteiger partial charge in [-0.05, 0) is 12.5 Å². The number of para-hydroxylation sites is 1. The van der Waals surface area contributed by atoms with Gasteiger partial charge in [0, 0.05) is 31.0 Å². The fourth-order valence-corrected chi connectivity index (χ4v) is 1.66. The Bertz CT molecular complexity index is 440. The summed E-state index contributed by atoms with van der Waals surface area (Å²) in [5, 5.41) is 0. The molecule has 2 aromatic rings.